The van der Waals surface area contributed by atoms with Gasteiger partial charge in [0.1, 0.15) is 12.4 Å². The van der Waals surface area contributed by atoms with E-state index in [1.54, 1.807) is 30.5 Å². The largest absolute Gasteiger partial charge is 0.489 e. The van der Waals surface area contributed by atoms with Crippen LogP contribution in [-0.4, -0.2) is 6.21 Å². The molecule has 0 unspecified atom stereocenters. The molecular formula is C20H15Cl3N2O. The van der Waals surface area contributed by atoms with E-state index in [0.717, 1.165) is 16.8 Å². The van der Waals surface area contributed by atoms with Crippen LogP contribution in [0, 0.1) is 0 Å². The minimum absolute atomic E-state index is 0.292. The van der Waals surface area contributed by atoms with Crippen molar-refractivity contribution in [2.75, 3.05) is 5.43 Å². The van der Waals surface area contributed by atoms with E-state index in [1.807, 2.05) is 42.5 Å². The van der Waals surface area contributed by atoms with Crippen LogP contribution in [-0.2, 0) is 6.61 Å². The molecule has 132 valence electrons. The SMILES string of the molecule is Clc1cccc(NN=Cc2cccc(OCc3c(Cl)cccc3Cl)c2)c1. The van der Waals surface area contributed by atoms with Crippen LogP contribution in [0.4, 0.5) is 5.69 Å². The Morgan fingerprint density at radius 2 is 1.62 bits per heavy atom. The number of hydrogen-bond acceptors (Lipinski definition) is 3. The van der Waals surface area contributed by atoms with Gasteiger partial charge in [-0.2, -0.15) is 5.10 Å². The summed E-state index contributed by atoms with van der Waals surface area (Å²) in [5.74, 6) is 0.702. The zero-order chi connectivity index (χ0) is 18.4. The highest BCUT2D eigenvalue weighted by atomic mass is 35.5. The van der Waals surface area contributed by atoms with Crippen molar-refractivity contribution in [3.8, 4) is 5.75 Å². The van der Waals surface area contributed by atoms with Gasteiger partial charge in [-0.05, 0) is 48.0 Å². The Bertz CT molecular complexity index is 908. The topological polar surface area (TPSA) is 33.6 Å². The van der Waals surface area contributed by atoms with E-state index in [4.69, 9.17) is 39.5 Å². The molecule has 3 rings (SSSR count). The van der Waals surface area contributed by atoms with Gasteiger partial charge in [-0.25, -0.2) is 0 Å². The highest BCUT2D eigenvalue weighted by Crippen LogP contribution is 2.26. The molecule has 0 radical (unpaired) electrons. The van der Waals surface area contributed by atoms with Crippen molar-refractivity contribution in [1.82, 2.24) is 0 Å². The van der Waals surface area contributed by atoms with Crippen molar-refractivity contribution in [1.29, 1.82) is 0 Å². The lowest BCUT2D eigenvalue weighted by atomic mass is 10.2. The molecule has 6 heteroatoms. The lowest BCUT2D eigenvalue weighted by Gasteiger charge is -2.10. The second-order valence-electron chi connectivity index (χ2n) is 5.44. The molecule has 0 saturated heterocycles. The minimum Gasteiger partial charge on any atom is -0.489 e. The number of hydrazone groups is 1. The Kier molecular flexibility index (Phi) is 6.40. The van der Waals surface area contributed by atoms with Crippen LogP contribution >= 0.6 is 34.8 Å². The van der Waals surface area contributed by atoms with Crippen molar-refractivity contribution in [2.45, 2.75) is 6.61 Å². The van der Waals surface area contributed by atoms with Gasteiger partial charge in [-0.1, -0.05) is 59.1 Å². The lowest BCUT2D eigenvalue weighted by molar-refractivity contribution is 0.306. The first-order valence-corrected chi connectivity index (χ1v) is 8.95. The summed E-state index contributed by atoms with van der Waals surface area (Å²) in [7, 11) is 0. The van der Waals surface area contributed by atoms with Gasteiger partial charge in [-0.3, -0.25) is 5.43 Å². The number of halogens is 3. The second-order valence-corrected chi connectivity index (χ2v) is 6.69. The van der Waals surface area contributed by atoms with Crippen LogP contribution < -0.4 is 10.2 Å². The molecule has 1 N–H and O–H groups in total. The Hall–Kier alpha value is -2.20. The van der Waals surface area contributed by atoms with Crippen molar-refractivity contribution in [2.24, 2.45) is 5.10 Å². The van der Waals surface area contributed by atoms with Gasteiger partial charge in [0.2, 0.25) is 0 Å². The number of benzene rings is 3. The van der Waals surface area contributed by atoms with E-state index in [-0.39, 0.29) is 0 Å². The van der Waals surface area contributed by atoms with Gasteiger partial charge in [0.25, 0.3) is 0 Å². The average Bonchev–Trinajstić information content (AvgIpc) is 2.62. The van der Waals surface area contributed by atoms with Crippen molar-refractivity contribution < 1.29 is 4.74 Å². The summed E-state index contributed by atoms with van der Waals surface area (Å²) in [6.45, 7) is 0.292. The van der Waals surface area contributed by atoms with Gasteiger partial charge in [0.15, 0.2) is 0 Å². The summed E-state index contributed by atoms with van der Waals surface area (Å²) in [6.07, 6.45) is 1.70. The smallest absolute Gasteiger partial charge is 0.120 e. The zero-order valence-corrected chi connectivity index (χ0v) is 15.9. The average molecular weight is 406 g/mol. The Labute approximate surface area is 167 Å². The van der Waals surface area contributed by atoms with Crippen LogP contribution in [0.1, 0.15) is 11.1 Å². The Balaban J connectivity index is 1.63. The fraction of sp³-hybridized carbons (Fsp3) is 0.0500. The van der Waals surface area contributed by atoms with Crippen molar-refractivity contribution >= 4 is 46.7 Å². The third kappa shape index (κ3) is 5.15. The molecule has 26 heavy (non-hydrogen) atoms. The Morgan fingerprint density at radius 1 is 0.885 bits per heavy atom. The first kappa shape index (κ1) is 18.6. The third-order valence-electron chi connectivity index (χ3n) is 3.53. The van der Waals surface area contributed by atoms with Crippen LogP contribution in [0.3, 0.4) is 0 Å². The number of ether oxygens (including phenoxy) is 1. The summed E-state index contributed by atoms with van der Waals surface area (Å²) < 4.78 is 5.81. The van der Waals surface area contributed by atoms with Gasteiger partial charge < -0.3 is 4.74 Å². The van der Waals surface area contributed by atoms with E-state index in [9.17, 15) is 0 Å². The summed E-state index contributed by atoms with van der Waals surface area (Å²) in [5.41, 5.74) is 5.40. The first-order valence-electron chi connectivity index (χ1n) is 7.82. The maximum atomic E-state index is 6.16. The van der Waals surface area contributed by atoms with Crippen LogP contribution in [0.2, 0.25) is 15.1 Å². The molecule has 0 aliphatic carbocycles. The summed E-state index contributed by atoms with van der Waals surface area (Å²) >= 11 is 18.3. The molecule has 0 atom stereocenters. The Morgan fingerprint density at radius 3 is 2.38 bits per heavy atom. The molecule has 0 bridgehead atoms. The maximum Gasteiger partial charge on any atom is 0.120 e. The molecule has 3 aromatic rings. The quantitative estimate of drug-likeness (QED) is 0.367. The highest BCUT2D eigenvalue weighted by molar-refractivity contribution is 6.36. The minimum atomic E-state index is 0.292. The molecule has 0 aromatic heterocycles. The second kappa shape index (κ2) is 8.95. The van der Waals surface area contributed by atoms with Crippen LogP contribution in [0.15, 0.2) is 71.8 Å². The monoisotopic (exact) mass is 404 g/mol. The fourth-order valence-electron chi connectivity index (χ4n) is 2.25. The molecule has 3 aromatic carbocycles. The van der Waals surface area contributed by atoms with E-state index in [0.29, 0.717) is 27.4 Å². The number of nitrogens with one attached hydrogen (secondary N) is 1. The van der Waals surface area contributed by atoms with E-state index in [2.05, 4.69) is 10.5 Å². The number of nitrogens with zero attached hydrogens (tertiary/aromatic N) is 1. The molecule has 0 fully saturated rings. The number of hydrogen-bond donors (Lipinski definition) is 1. The van der Waals surface area contributed by atoms with Crippen molar-refractivity contribution in [3.05, 3.63) is 92.9 Å². The zero-order valence-electron chi connectivity index (χ0n) is 13.6. The highest BCUT2D eigenvalue weighted by Gasteiger charge is 2.06. The first-order chi connectivity index (χ1) is 12.6. The molecule has 0 spiro atoms. The maximum absolute atomic E-state index is 6.16. The van der Waals surface area contributed by atoms with Crippen LogP contribution in [0.25, 0.3) is 0 Å². The van der Waals surface area contributed by atoms with E-state index < -0.39 is 0 Å². The van der Waals surface area contributed by atoms with Gasteiger partial charge in [0, 0.05) is 20.6 Å². The number of rotatable bonds is 6. The molecule has 0 aliphatic rings. The molecule has 0 amide bonds. The van der Waals surface area contributed by atoms with E-state index >= 15 is 0 Å². The normalized spacial score (nSPS) is 10.9. The summed E-state index contributed by atoms with van der Waals surface area (Å²) in [5, 5.41) is 6.03. The molecule has 0 aliphatic heterocycles. The van der Waals surface area contributed by atoms with Gasteiger partial charge >= 0.3 is 0 Å². The predicted octanol–water partition coefficient (Wildman–Crippen LogP) is 6.67. The summed E-state index contributed by atoms with van der Waals surface area (Å²) in [6, 6.07) is 20.3. The molecule has 0 heterocycles. The predicted molar refractivity (Wildman–Crippen MR) is 110 cm³/mol. The standard InChI is InChI=1S/C20H15Cl3N2O/c21-15-5-2-6-16(11-15)25-24-12-14-4-1-7-17(10-14)26-13-18-19(22)8-3-9-20(18)23/h1-12,25H,13H2. The van der Waals surface area contributed by atoms with Crippen LogP contribution in [0.5, 0.6) is 5.75 Å². The molecule has 3 nitrogen and oxygen atoms in total. The molecule has 0 saturated carbocycles. The summed E-state index contributed by atoms with van der Waals surface area (Å²) in [4.78, 5) is 0. The van der Waals surface area contributed by atoms with Crippen molar-refractivity contribution in [3.63, 3.8) is 0 Å². The fourth-order valence-corrected chi connectivity index (χ4v) is 2.95. The van der Waals surface area contributed by atoms with E-state index in [1.165, 1.54) is 0 Å². The van der Waals surface area contributed by atoms with Gasteiger partial charge in [-0.15, -0.1) is 0 Å². The molecular weight excluding hydrogens is 391 g/mol. The third-order valence-corrected chi connectivity index (χ3v) is 4.48. The van der Waals surface area contributed by atoms with Gasteiger partial charge in [0.05, 0.1) is 11.9 Å². The lowest BCUT2D eigenvalue weighted by Crippen LogP contribution is -1.98. The number of anilines is 1.